The zero-order valence-electron chi connectivity index (χ0n) is 8.21. The van der Waals surface area contributed by atoms with E-state index in [1.165, 1.54) is 38.5 Å². The lowest BCUT2D eigenvalue weighted by Gasteiger charge is -2.02. The van der Waals surface area contributed by atoms with Gasteiger partial charge in [0.25, 0.3) is 0 Å². The van der Waals surface area contributed by atoms with Crippen LogP contribution < -0.4 is 5.73 Å². The van der Waals surface area contributed by atoms with Crippen molar-refractivity contribution in [2.45, 2.75) is 58.4 Å². The Balaban J connectivity index is -0.000000405. The zero-order chi connectivity index (χ0) is 7.82. The molecule has 1 atom stereocenters. The predicted octanol–water partition coefficient (Wildman–Crippen LogP) is 3.54. The van der Waals surface area contributed by atoms with Crippen molar-refractivity contribution in [3.05, 3.63) is 0 Å². The quantitative estimate of drug-likeness (QED) is 0.675. The molecule has 1 unspecified atom stereocenters. The monoisotopic (exact) mass is 215 g/mol. The number of hydrogen-bond donors (Lipinski definition) is 1. The summed E-state index contributed by atoms with van der Waals surface area (Å²) in [6, 6.07) is 0.404. The van der Waals surface area contributed by atoms with Gasteiger partial charge in [-0.1, -0.05) is 39.0 Å². The number of halogens is 2. The predicted molar refractivity (Wildman–Crippen MR) is 61.5 cm³/mol. The van der Waals surface area contributed by atoms with Gasteiger partial charge in [0.15, 0.2) is 0 Å². The van der Waals surface area contributed by atoms with Gasteiger partial charge in [-0.2, -0.15) is 0 Å². The molecule has 0 aliphatic heterocycles. The van der Waals surface area contributed by atoms with Crippen LogP contribution >= 0.6 is 24.8 Å². The number of nitrogens with two attached hydrogens (primary N) is 1. The van der Waals surface area contributed by atoms with E-state index in [9.17, 15) is 0 Å². The Hall–Kier alpha value is 0.540. The van der Waals surface area contributed by atoms with Gasteiger partial charge in [-0.15, -0.1) is 24.8 Å². The first-order chi connectivity index (χ1) is 4.77. The van der Waals surface area contributed by atoms with Crippen LogP contribution in [0.15, 0.2) is 0 Å². The Morgan fingerprint density at radius 1 is 1.00 bits per heavy atom. The molecule has 0 aromatic carbocycles. The van der Waals surface area contributed by atoms with Crippen molar-refractivity contribution in [2.24, 2.45) is 5.73 Å². The second kappa shape index (κ2) is 14.1. The Bertz CT molecular complexity index is 67.5. The smallest absolute Gasteiger partial charge is 0.00104 e. The van der Waals surface area contributed by atoms with Crippen molar-refractivity contribution in [1.29, 1.82) is 0 Å². The molecule has 0 bridgehead atoms. The van der Waals surface area contributed by atoms with E-state index < -0.39 is 0 Å². The Labute approximate surface area is 89.3 Å². The van der Waals surface area contributed by atoms with Crippen LogP contribution in [0.1, 0.15) is 52.4 Å². The summed E-state index contributed by atoms with van der Waals surface area (Å²) < 4.78 is 0. The van der Waals surface area contributed by atoms with Gasteiger partial charge < -0.3 is 5.73 Å². The van der Waals surface area contributed by atoms with E-state index >= 15 is 0 Å². The molecule has 0 fully saturated rings. The second-order valence-electron chi connectivity index (χ2n) is 3.18. The summed E-state index contributed by atoms with van der Waals surface area (Å²) in [5.41, 5.74) is 5.61. The van der Waals surface area contributed by atoms with Gasteiger partial charge in [0.1, 0.15) is 0 Å². The van der Waals surface area contributed by atoms with Gasteiger partial charge in [0.05, 0.1) is 0 Å². The molecule has 0 aliphatic rings. The van der Waals surface area contributed by atoms with Crippen molar-refractivity contribution in [3.8, 4) is 0 Å². The lowest BCUT2D eigenvalue weighted by atomic mass is 10.1. The molecular formula is C9H23Cl2N. The fourth-order valence-electron chi connectivity index (χ4n) is 1.07. The van der Waals surface area contributed by atoms with Crippen LogP contribution in [0.2, 0.25) is 0 Å². The zero-order valence-corrected chi connectivity index (χ0v) is 9.85. The summed E-state index contributed by atoms with van der Waals surface area (Å²) in [4.78, 5) is 0. The molecule has 0 amide bonds. The lowest BCUT2D eigenvalue weighted by Crippen LogP contribution is -2.13. The summed E-state index contributed by atoms with van der Waals surface area (Å²) in [5.74, 6) is 0. The standard InChI is InChI=1S/C9H21N.2ClH/c1-3-4-5-6-7-8-9(2)10;;/h9H,3-8,10H2,1-2H3;2*1H. The van der Waals surface area contributed by atoms with E-state index in [-0.39, 0.29) is 24.8 Å². The van der Waals surface area contributed by atoms with Crippen molar-refractivity contribution in [2.75, 3.05) is 0 Å². The summed E-state index contributed by atoms with van der Waals surface area (Å²) in [6.07, 6.45) is 8.00. The molecule has 0 heterocycles. The molecule has 78 valence electrons. The van der Waals surface area contributed by atoms with Crippen LogP contribution in [0.4, 0.5) is 0 Å². The Kier molecular flexibility index (Phi) is 21.5. The van der Waals surface area contributed by atoms with Crippen LogP contribution in [0.5, 0.6) is 0 Å². The molecule has 0 spiro atoms. The van der Waals surface area contributed by atoms with Gasteiger partial charge >= 0.3 is 0 Å². The lowest BCUT2D eigenvalue weighted by molar-refractivity contribution is 0.563. The average Bonchev–Trinajstić information content (AvgIpc) is 1.87. The highest BCUT2D eigenvalue weighted by atomic mass is 35.5. The second-order valence-corrected chi connectivity index (χ2v) is 3.18. The molecule has 2 N–H and O–H groups in total. The molecular weight excluding hydrogens is 193 g/mol. The van der Waals surface area contributed by atoms with E-state index in [2.05, 4.69) is 13.8 Å². The van der Waals surface area contributed by atoms with Crippen LogP contribution in [0, 0.1) is 0 Å². The van der Waals surface area contributed by atoms with E-state index in [0.717, 1.165) is 0 Å². The molecule has 3 heteroatoms. The van der Waals surface area contributed by atoms with E-state index in [0.29, 0.717) is 6.04 Å². The maximum Gasteiger partial charge on any atom is 0.00104 e. The number of hydrogen-bond acceptors (Lipinski definition) is 1. The highest BCUT2D eigenvalue weighted by Gasteiger charge is 1.92. The minimum absolute atomic E-state index is 0. The molecule has 0 aromatic rings. The molecule has 0 rings (SSSR count). The first-order valence-corrected chi connectivity index (χ1v) is 4.53. The third-order valence-electron chi connectivity index (χ3n) is 1.76. The molecule has 0 saturated carbocycles. The van der Waals surface area contributed by atoms with Gasteiger partial charge in [-0.3, -0.25) is 0 Å². The van der Waals surface area contributed by atoms with E-state index in [4.69, 9.17) is 5.73 Å². The van der Waals surface area contributed by atoms with Crippen LogP contribution in [0.3, 0.4) is 0 Å². The average molecular weight is 216 g/mol. The normalized spacial score (nSPS) is 11.2. The fraction of sp³-hybridized carbons (Fsp3) is 1.00. The SMILES string of the molecule is CCCCCCCC(C)N.Cl.Cl. The van der Waals surface area contributed by atoms with Crippen LogP contribution in [-0.4, -0.2) is 6.04 Å². The van der Waals surface area contributed by atoms with Crippen molar-refractivity contribution in [3.63, 3.8) is 0 Å². The van der Waals surface area contributed by atoms with Gasteiger partial charge in [-0.25, -0.2) is 0 Å². The van der Waals surface area contributed by atoms with Gasteiger partial charge in [0.2, 0.25) is 0 Å². The molecule has 12 heavy (non-hydrogen) atoms. The van der Waals surface area contributed by atoms with E-state index in [1.54, 1.807) is 0 Å². The third-order valence-corrected chi connectivity index (χ3v) is 1.76. The summed E-state index contributed by atoms with van der Waals surface area (Å²) >= 11 is 0. The van der Waals surface area contributed by atoms with Gasteiger partial charge in [-0.05, 0) is 13.3 Å². The molecule has 0 aromatic heterocycles. The van der Waals surface area contributed by atoms with Crippen molar-refractivity contribution >= 4 is 24.8 Å². The van der Waals surface area contributed by atoms with E-state index in [1.807, 2.05) is 0 Å². The largest absolute Gasteiger partial charge is 0.328 e. The molecule has 0 radical (unpaired) electrons. The minimum Gasteiger partial charge on any atom is -0.328 e. The van der Waals surface area contributed by atoms with Crippen molar-refractivity contribution in [1.82, 2.24) is 0 Å². The van der Waals surface area contributed by atoms with Crippen LogP contribution in [0.25, 0.3) is 0 Å². The number of unbranched alkanes of at least 4 members (excludes halogenated alkanes) is 4. The Morgan fingerprint density at radius 3 is 1.92 bits per heavy atom. The highest BCUT2D eigenvalue weighted by Crippen LogP contribution is 2.05. The Morgan fingerprint density at radius 2 is 1.50 bits per heavy atom. The topological polar surface area (TPSA) is 26.0 Å². The molecule has 0 aliphatic carbocycles. The van der Waals surface area contributed by atoms with Crippen LogP contribution in [-0.2, 0) is 0 Å². The minimum atomic E-state index is 0. The van der Waals surface area contributed by atoms with Crippen molar-refractivity contribution < 1.29 is 0 Å². The summed E-state index contributed by atoms with van der Waals surface area (Å²) in [5, 5.41) is 0. The van der Waals surface area contributed by atoms with Gasteiger partial charge in [0, 0.05) is 6.04 Å². The summed E-state index contributed by atoms with van der Waals surface area (Å²) in [7, 11) is 0. The first kappa shape index (κ1) is 18.3. The summed E-state index contributed by atoms with van der Waals surface area (Å²) in [6.45, 7) is 4.32. The number of rotatable bonds is 6. The third kappa shape index (κ3) is 16.9. The fourth-order valence-corrected chi connectivity index (χ4v) is 1.07. The highest BCUT2D eigenvalue weighted by molar-refractivity contribution is 5.85. The maximum atomic E-state index is 5.61. The molecule has 0 saturated heterocycles. The maximum absolute atomic E-state index is 5.61. The first-order valence-electron chi connectivity index (χ1n) is 4.53. The molecule has 1 nitrogen and oxygen atoms in total.